The number of nitrogen functional groups attached to an aromatic ring is 2. The number of carboxylic acids is 1. The SMILES string of the molecule is CC.CC.CC.Nc1ccccc1.Nc1ccccc1C(=O)O.O=C1Cc2ccccc2C1=O.ONCl. The number of carbonyl (C=O) groups excluding carboxylic acids is 2. The molecule has 204 valence electrons. The van der Waals surface area contributed by atoms with Crippen LogP contribution in [0.25, 0.3) is 0 Å². The number of halogens is 1. The van der Waals surface area contributed by atoms with Gasteiger partial charge in [-0.2, -0.15) is 0 Å². The van der Waals surface area contributed by atoms with Crippen molar-refractivity contribution in [2.24, 2.45) is 0 Å². The lowest BCUT2D eigenvalue weighted by Crippen LogP contribution is -2.05. The molecule has 0 aliphatic heterocycles. The first-order valence-electron chi connectivity index (χ1n) is 11.8. The van der Waals surface area contributed by atoms with Crippen LogP contribution in [0.2, 0.25) is 0 Å². The Morgan fingerprint density at radius 1 is 0.784 bits per heavy atom. The highest BCUT2D eigenvalue weighted by atomic mass is 35.5. The third-order valence-electron chi connectivity index (χ3n) is 3.86. The number of ketones is 2. The second kappa shape index (κ2) is 25.4. The molecule has 0 fully saturated rings. The van der Waals surface area contributed by atoms with E-state index in [1.807, 2.05) is 84.0 Å². The Kier molecular flexibility index (Phi) is 25.9. The average Bonchev–Trinajstić information content (AvgIpc) is 3.22. The van der Waals surface area contributed by atoms with Gasteiger partial charge in [-0.15, -0.1) is 5.00 Å². The molecule has 0 radical (unpaired) electrons. The number of rotatable bonds is 1. The summed E-state index contributed by atoms with van der Waals surface area (Å²) in [5.41, 5.74) is 13.4. The fourth-order valence-electron chi connectivity index (χ4n) is 2.44. The van der Waals surface area contributed by atoms with Crippen molar-refractivity contribution in [3.63, 3.8) is 0 Å². The summed E-state index contributed by atoms with van der Waals surface area (Å²) in [6.07, 6.45) is 0.287. The number of Topliss-reactive ketones (excluding diaryl/α,β-unsaturated/α-hetero) is 2. The van der Waals surface area contributed by atoms with Crippen LogP contribution in [0.5, 0.6) is 0 Å². The minimum Gasteiger partial charge on any atom is -0.478 e. The summed E-state index contributed by atoms with van der Waals surface area (Å²) >= 11 is 4.30. The fraction of sp³-hybridized carbons (Fsp3) is 0.250. The summed E-state index contributed by atoms with van der Waals surface area (Å²) in [6.45, 7) is 12.0. The molecule has 3 aromatic rings. The Balaban J connectivity index is -0.000000411. The van der Waals surface area contributed by atoms with Crippen LogP contribution in [0.15, 0.2) is 78.9 Å². The number of hydrogen-bond donors (Lipinski definition) is 5. The zero-order valence-electron chi connectivity index (χ0n) is 22.4. The van der Waals surface area contributed by atoms with Gasteiger partial charge in [-0.1, -0.05) is 96.1 Å². The smallest absolute Gasteiger partial charge is 0.337 e. The van der Waals surface area contributed by atoms with Gasteiger partial charge in [0.25, 0.3) is 0 Å². The maximum Gasteiger partial charge on any atom is 0.337 e. The second-order valence-corrected chi connectivity index (χ2v) is 6.14. The molecule has 37 heavy (non-hydrogen) atoms. The van der Waals surface area contributed by atoms with E-state index in [0.29, 0.717) is 11.3 Å². The van der Waals surface area contributed by atoms with E-state index in [-0.39, 0.29) is 23.6 Å². The van der Waals surface area contributed by atoms with Gasteiger partial charge in [0.2, 0.25) is 11.6 Å². The highest BCUT2D eigenvalue weighted by Crippen LogP contribution is 2.18. The van der Waals surface area contributed by atoms with Gasteiger partial charge in [-0.3, -0.25) is 9.59 Å². The van der Waals surface area contributed by atoms with Gasteiger partial charge in [-0.25, -0.2) is 4.79 Å². The predicted molar refractivity (Wildman–Crippen MR) is 153 cm³/mol. The molecule has 0 spiro atoms. The van der Waals surface area contributed by atoms with Gasteiger partial charge in [-0.05, 0) is 29.8 Å². The van der Waals surface area contributed by atoms with E-state index in [1.54, 1.807) is 30.3 Å². The van der Waals surface area contributed by atoms with Crippen molar-refractivity contribution >= 4 is 40.7 Å². The Hall–Kier alpha value is -3.72. The number of para-hydroxylation sites is 2. The first-order valence-corrected chi connectivity index (χ1v) is 12.2. The van der Waals surface area contributed by atoms with Gasteiger partial charge >= 0.3 is 5.97 Å². The van der Waals surface area contributed by atoms with Crippen molar-refractivity contribution in [1.82, 2.24) is 5.00 Å². The van der Waals surface area contributed by atoms with E-state index >= 15 is 0 Å². The van der Waals surface area contributed by atoms with Crippen LogP contribution in [0.4, 0.5) is 11.4 Å². The highest BCUT2D eigenvalue weighted by Gasteiger charge is 2.26. The normalized spacial score (nSPS) is 9.62. The lowest BCUT2D eigenvalue weighted by atomic mass is 10.1. The molecular weight excluding hydrogens is 494 g/mol. The van der Waals surface area contributed by atoms with E-state index in [2.05, 4.69) is 11.8 Å². The van der Waals surface area contributed by atoms with Crippen molar-refractivity contribution < 1.29 is 24.7 Å². The van der Waals surface area contributed by atoms with E-state index in [4.69, 9.17) is 21.8 Å². The Bertz CT molecular complexity index is 1020. The minimum atomic E-state index is -0.988. The molecule has 7 N–H and O–H groups in total. The van der Waals surface area contributed by atoms with E-state index in [1.165, 1.54) is 11.1 Å². The molecule has 1 aliphatic carbocycles. The molecule has 8 nitrogen and oxygen atoms in total. The summed E-state index contributed by atoms with van der Waals surface area (Å²) in [7, 11) is 0. The van der Waals surface area contributed by atoms with Crippen LogP contribution < -0.4 is 16.5 Å². The molecule has 3 aromatic carbocycles. The molecule has 0 aromatic heterocycles. The number of aromatic carboxylic acids is 1. The monoisotopic (exact) mass is 533 g/mol. The highest BCUT2D eigenvalue weighted by molar-refractivity contribution is 6.47. The maximum absolute atomic E-state index is 11.0. The Morgan fingerprint density at radius 3 is 1.59 bits per heavy atom. The number of nitrogens with one attached hydrogen (secondary N) is 1. The van der Waals surface area contributed by atoms with Gasteiger partial charge in [0.15, 0.2) is 0 Å². The predicted octanol–water partition coefficient (Wildman–Crippen LogP) is 6.43. The molecule has 0 atom stereocenters. The number of carboxylic acid groups (broad SMARTS) is 1. The molecule has 4 rings (SSSR count). The van der Waals surface area contributed by atoms with Crippen LogP contribution >= 0.6 is 11.8 Å². The third-order valence-corrected chi connectivity index (χ3v) is 3.86. The number of nitrogens with two attached hydrogens (primary N) is 2. The second-order valence-electron chi connectivity index (χ2n) is 5.97. The molecule has 0 bridgehead atoms. The van der Waals surface area contributed by atoms with Crippen LogP contribution in [0.3, 0.4) is 0 Å². The van der Waals surface area contributed by atoms with E-state index in [0.717, 1.165) is 11.3 Å². The zero-order valence-corrected chi connectivity index (χ0v) is 23.1. The molecule has 9 heteroatoms. The first-order chi connectivity index (χ1) is 17.8. The van der Waals surface area contributed by atoms with Crippen LogP contribution in [-0.2, 0) is 11.2 Å². The van der Waals surface area contributed by atoms with Crippen LogP contribution in [0.1, 0.15) is 67.8 Å². The van der Waals surface area contributed by atoms with Crippen molar-refractivity contribution in [2.45, 2.75) is 48.0 Å². The minimum absolute atomic E-state index is 0.155. The molecule has 0 unspecified atom stereocenters. The lowest BCUT2D eigenvalue weighted by molar-refractivity contribution is -0.114. The maximum atomic E-state index is 11.0. The molecule has 1 aliphatic rings. The van der Waals surface area contributed by atoms with Crippen molar-refractivity contribution in [3.8, 4) is 0 Å². The third kappa shape index (κ3) is 16.6. The first kappa shape index (κ1) is 37.8. The lowest BCUT2D eigenvalue weighted by Gasteiger charge is -1.96. The summed E-state index contributed by atoms with van der Waals surface area (Å²) < 4.78 is 0. The quantitative estimate of drug-likeness (QED) is 0.104. The van der Waals surface area contributed by atoms with E-state index < -0.39 is 5.97 Å². The van der Waals surface area contributed by atoms with Crippen molar-refractivity contribution in [1.29, 1.82) is 0 Å². The van der Waals surface area contributed by atoms with Crippen LogP contribution in [-0.4, -0.2) is 27.8 Å². The molecule has 0 amide bonds. The standard InChI is InChI=1S/C9H6O2.C7H7NO2.C6H7N.3C2H6.ClH2NO/c10-8-5-6-3-1-2-4-7(6)9(8)11;8-6-4-2-1-3-5(6)7(9)10;7-6-4-2-1-3-5-6;3*1-2;1-2-3/h1-4H,5H2;1-4H,8H2,(H,9,10);1-5H,7H2;3*1-2H3;2-3H. The van der Waals surface area contributed by atoms with Crippen molar-refractivity contribution in [2.75, 3.05) is 11.5 Å². The number of hydrogen-bond acceptors (Lipinski definition) is 7. The van der Waals surface area contributed by atoms with Gasteiger partial charge < -0.3 is 21.8 Å². The Morgan fingerprint density at radius 2 is 1.22 bits per heavy atom. The molecule has 0 heterocycles. The van der Waals surface area contributed by atoms with Gasteiger partial charge in [0.1, 0.15) is 0 Å². The number of benzene rings is 3. The van der Waals surface area contributed by atoms with Crippen molar-refractivity contribution in [3.05, 3.63) is 95.6 Å². The van der Waals surface area contributed by atoms with Gasteiger partial charge in [0, 0.05) is 35.1 Å². The fourth-order valence-corrected chi connectivity index (χ4v) is 2.44. The topological polar surface area (TPSA) is 156 Å². The van der Waals surface area contributed by atoms with Gasteiger partial charge in [0.05, 0.1) is 5.56 Å². The average molecular weight is 534 g/mol. The largest absolute Gasteiger partial charge is 0.478 e. The summed E-state index contributed by atoms with van der Waals surface area (Å²) in [4.78, 5) is 33.5. The number of fused-ring (bicyclic) bond motifs is 1. The Labute approximate surface area is 225 Å². The van der Waals surface area contributed by atoms with Crippen LogP contribution in [0, 0.1) is 0 Å². The summed E-state index contributed by atoms with van der Waals surface area (Å²) in [5.74, 6) is -1.61. The number of carbonyl (C=O) groups is 3. The molecule has 0 saturated carbocycles. The van der Waals surface area contributed by atoms with E-state index in [9.17, 15) is 14.4 Å². The zero-order chi connectivity index (χ0) is 29.2. The summed E-state index contributed by atoms with van der Waals surface area (Å²) in [6, 6.07) is 23.0. The summed E-state index contributed by atoms with van der Waals surface area (Å²) in [5, 5.41) is 15.6. The molecular formula is C28H40ClN3O5. The number of anilines is 2. The molecule has 0 saturated heterocycles.